The molecule has 0 bridgehead atoms. The molecule has 1 aromatic rings. The summed E-state index contributed by atoms with van der Waals surface area (Å²) < 4.78 is 0. The molecule has 0 atom stereocenters. The topological polar surface area (TPSA) is 140 Å². The maximum atomic E-state index is 10.5. The van der Waals surface area contributed by atoms with E-state index in [1.54, 1.807) is 30.3 Å². The number of benzene rings is 1. The van der Waals surface area contributed by atoms with Gasteiger partial charge in [0.15, 0.2) is 0 Å². The zero-order valence-electron chi connectivity index (χ0n) is 9.76. The van der Waals surface area contributed by atoms with Crippen LogP contribution < -0.4 is 0 Å². The van der Waals surface area contributed by atoms with Crippen LogP contribution in [0.1, 0.15) is 17.3 Å². The Kier molecular flexibility index (Phi) is 13.5. The molecule has 0 heterocycles. The summed E-state index contributed by atoms with van der Waals surface area (Å²) in [4.78, 5) is 38.1. The third-order valence-corrected chi connectivity index (χ3v) is 1.26. The summed E-state index contributed by atoms with van der Waals surface area (Å²) in [5.41, 5.74) is 0.338. The lowest BCUT2D eigenvalue weighted by Gasteiger charge is -1.92. The molecule has 0 saturated carbocycles. The van der Waals surface area contributed by atoms with Crippen molar-refractivity contribution < 1.29 is 44.8 Å². The third kappa shape index (κ3) is 13.4. The maximum Gasteiger partial charge on any atom is 0.372 e. The van der Waals surface area contributed by atoms with Crippen LogP contribution in [0.3, 0.4) is 0 Å². The van der Waals surface area contributed by atoms with Crippen molar-refractivity contribution in [1.29, 1.82) is 0 Å². The van der Waals surface area contributed by atoms with Gasteiger partial charge in [-0.25, -0.2) is 14.8 Å². The van der Waals surface area contributed by atoms with Crippen LogP contribution in [0.2, 0.25) is 0 Å². The van der Waals surface area contributed by atoms with E-state index in [9.17, 15) is 9.59 Å². The van der Waals surface area contributed by atoms with Gasteiger partial charge in [0.25, 0.3) is 0 Å². The van der Waals surface area contributed by atoms with Crippen LogP contribution in [0.5, 0.6) is 0 Å². The lowest BCUT2D eigenvalue weighted by atomic mass is 10.2. The Morgan fingerprint density at radius 3 is 1.74 bits per heavy atom. The zero-order valence-corrected chi connectivity index (χ0v) is 9.76. The van der Waals surface area contributed by atoms with Crippen molar-refractivity contribution in [3.8, 4) is 0 Å². The van der Waals surface area contributed by atoms with E-state index in [0.29, 0.717) is 5.56 Å². The van der Waals surface area contributed by atoms with Gasteiger partial charge in [-0.2, -0.15) is 10.5 Å². The Balaban J connectivity index is 0. The highest BCUT2D eigenvalue weighted by atomic mass is 17.1. The first-order chi connectivity index (χ1) is 9.03. The van der Waals surface area contributed by atoms with Crippen LogP contribution in [0, 0.1) is 0 Å². The minimum atomic E-state index is -0.736. The molecule has 19 heavy (non-hydrogen) atoms. The maximum absolute atomic E-state index is 10.5. The van der Waals surface area contributed by atoms with Gasteiger partial charge in [-0.3, -0.25) is 9.68 Å². The van der Waals surface area contributed by atoms with Crippen LogP contribution >= 0.6 is 0 Å². The van der Waals surface area contributed by atoms with E-state index >= 15 is 0 Å². The van der Waals surface area contributed by atoms with E-state index in [1.807, 2.05) is 0 Å². The molecule has 0 unspecified atom stereocenters. The molecule has 1 rings (SSSR count). The molecule has 0 aliphatic rings. The highest BCUT2D eigenvalue weighted by Crippen LogP contribution is 1.98. The average Bonchev–Trinajstić information content (AvgIpc) is 2.48. The first-order valence-corrected chi connectivity index (χ1v) is 4.50. The number of rotatable bonds is 2. The average molecular weight is 276 g/mol. The van der Waals surface area contributed by atoms with Crippen molar-refractivity contribution >= 4 is 18.4 Å². The quantitative estimate of drug-likeness (QED) is 0.312. The number of carbonyl (C=O) groups excluding carboxylic acids is 3. The number of hydrogen-bond acceptors (Lipinski definition) is 9. The molecule has 0 radical (unpaired) electrons. The van der Waals surface area contributed by atoms with Crippen LogP contribution in [-0.2, 0) is 24.3 Å². The Morgan fingerprint density at radius 1 is 1.05 bits per heavy atom. The normalized spacial score (nSPS) is 7.58. The van der Waals surface area contributed by atoms with Crippen molar-refractivity contribution in [2.45, 2.75) is 6.92 Å². The van der Waals surface area contributed by atoms with Gasteiger partial charge in [0.2, 0.25) is 0 Å². The van der Waals surface area contributed by atoms with Crippen molar-refractivity contribution in [1.82, 2.24) is 0 Å². The van der Waals surface area contributed by atoms with E-state index in [2.05, 4.69) is 14.7 Å². The molecular formula is C10H12O9. The van der Waals surface area contributed by atoms with E-state index in [4.69, 9.17) is 20.6 Å². The van der Waals surface area contributed by atoms with Gasteiger partial charge in [-0.1, -0.05) is 18.2 Å². The van der Waals surface area contributed by atoms with Gasteiger partial charge >= 0.3 is 18.4 Å². The first kappa shape index (κ1) is 18.9. The minimum Gasteiger partial charge on any atom is -0.304 e. The fraction of sp³-hybridized carbons (Fsp3) is 0.100. The van der Waals surface area contributed by atoms with E-state index in [0.717, 1.165) is 6.92 Å². The lowest BCUT2D eigenvalue weighted by Crippen LogP contribution is -2.00. The first-order valence-electron chi connectivity index (χ1n) is 4.50. The van der Waals surface area contributed by atoms with Gasteiger partial charge in [-0.05, 0) is 12.1 Å². The van der Waals surface area contributed by atoms with Crippen LogP contribution in [0.15, 0.2) is 30.3 Å². The SMILES string of the molecule is CC(=O)OO.O=C(OO)c1ccccc1.O=COO. The van der Waals surface area contributed by atoms with Crippen molar-refractivity contribution in [3.05, 3.63) is 35.9 Å². The molecule has 9 nitrogen and oxygen atoms in total. The highest BCUT2D eigenvalue weighted by molar-refractivity contribution is 5.88. The summed E-state index contributed by atoms with van der Waals surface area (Å²) in [6.07, 6.45) is 0. The molecule has 3 N–H and O–H groups in total. The minimum absolute atomic E-state index is 0.0694. The van der Waals surface area contributed by atoms with E-state index in [-0.39, 0.29) is 6.47 Å². The van der Waals surface area contributed by atoms with Crippen molar-refractivity contribution in [2.24, 2.45) is 0 Å². The van der Waals surface area contributed by atoms with Gasteiger partial charge < -0.3 is 9.78 Å². The molecule has 9 heteroatoms. The second-order valence-corrected chi connectivity index (χ2v) is 2.53. The second kappa shape index (κ2) is 13.6. The third-order valence-electron chi connectivity index (χ3n) is 1.26. The Hall–Kier alpha value is -2.49. The van der Waals surface area contributed by atoms with Gasteiger partial charge in [-0.15, -0.1) is 0 Å². The number of hydrogen-bond donors (Lipinski definition) is 3. The standard InChI is InChI=1S/C7H6O3.C2H4O3.CH2O3/c8-7(10-9)6-4-2-1-3-5-6;1-2(3)5-4;2-1-4-3/h1-5,9H;4H,1H3;1,3H. The highest BCUT2D eigenvalue weighted by Gasteiger charge is 2.02. The predicted octanol–water partition coefficient (Wildman–Crippen LogP) is 0.971. The zero-order chi connectivity index (χ0) is 15.1. The summed E-state index contributed by atoms with van der Waals surface area (Å²) in [7, 11) is 0. The molecule has 0 aliphatic carbocycles. The fourth-order valence-corrected chi connectivity index (χ4v) is 0.627. The molecule has 0 aliphatic heterocycles. The Labute approximate surface area is 107 Å². The van der Waals surface area contributed by atoms with Crippen LogP contribution in [-0.4, -0.2) is 34.2 Å². The van der Waals surface area contributed by atoms with Gasteiger partial charge in [0.05, 0.1) is 5.56 Å². The van der Waals surface area contributed by atoms with Gasteiger partial charge in [0, 0.05) is 6.92 Å². The monoisotopic (exact) mass is 276 g/mol. The Morgan fingerprint density at radius 2 is 1.47 bits per heavy atom. The Bertz CT molecular complexity index is 363. The molecule has 0 saturated heterocycles. The molecule has 0 spiro atoms. The molecule has 0 fully saturated rings. The van der Waals surface area contributed by atoms with E-state index in [1.165, 1.54) is 0 Å². The van der Waals surface area contributed by atoms with Crippen molar-refractivity contribution in [3.63, 3.8) is 0 Å². The van der Waals surface area contributed by atoms with Gasteiger partial charge in [0.1, 0.15) is 0 Å². The molecular weight excluding hydrogens is 264 g/mol. The summed E-state index contributed by atoms with van der Waals surface area (Å²) in [5.74, 6) is -1.43. The fourth-order valence-electron chi connectivity index (χ4n) is 0.627. The summed E-state index contributed by atoms with van der Waals surface area (Å²) >= 11 is 0. The molecule has 1 aromatic carbocycles. The molecule has 0 aromatic heterocycles. The lowest BCUT2D eigenvalue weighted by molar-refractivity contribution is -0.231. The van der Waals surface area contributed by atoms with Crippen LogP contribution in [0.25, 0.3) is 0 Å². The largest absolute Gasteiger partial charge is 0.372 e. The smallest absolute Gasteiger partial charge is 0.304 e. The predicted molar refractivity (Wildman–Crippen MR) is 58.7 cm³/mol. The summed E-state index contributed by atoms with van der Waals surface area (Å²) in [6, 6.07) is 8.25. The molecule has 0 amide bonds. The van der Waals surface area contributed by atoms with E-state index < -0.39 is 11.9 Å². The second-order valence-electron chi connectivity index (χ2n) is 2.53. The molecule has 106 valence electrons. The summed E-state index contributed by atoms with van der Waals surface area (Å²) in [5, 5.41) is 22.2. The van der Waals surface area contributed by atoms with Crippen LogP contribution in [0.4, 0.5) is 0 Å². The number of carbonyl (C=O) groups is 3. The summed E-state index contributed by atoms with van der Waals surface area (Å²) in [6.45, 7) is 1.04. The van der Waals surface area contributed by atoms with Crippen molar-refractivity contribution in [2.75, 3.05) is 0 Å².